The van der Waals surface area contributed by atoms with E-state index in [2.05, 4.69) is 18.4 Å². The van der Waals surface area contributed by atoms with Crippen LogP contribution in [0.4, 0.5) is 4.79 Å². The van der Waals surface area contributed by atoms with Crippen molar-refractivity contribution in [2.45, 2.75) is 0 Å². The number of hydrogen-bond donors (Lipinski definition) is 2. The van der Waals surface area contributed by atoms with Gasteiger partial charge in [-0.2, -0.15) is 0 Å². The lowest BCUT2D eigenvalue weighted by Crippen LogP contribution is -2.35. The number of primary amides is 1. The van der Waals surface area contributed by atoms with Crippen molar-refractivity contribution in [1.82, 2.24) is 5.32 Å². The van der Waals surface area contributed by atoms with Gasteiger partial charge in [0.15, 0.2) is 0 Å². The summed E-state index contributed by atoms with van der Waals surface area (Å²) in [6, 6.07) is -0.861. The third-order valence-corrected chi connectivity index (χ3v) is 0.656. The van der Waals surface area contributed by atoms with Crippen molar-refractivity contribution in [3.63, 3.8) is 0 Å². The zero-order valence-electron chi connectivity index (χ0n) is 4.01. The van der Waals surface area contributed by atoms with Crippen LogP contribution in [-0.2, 0) is 4.79 Å². The number of nitrogens with one attached hydrogen (secondary N) is 1. The van der Waals surface area contributed by atoms with Gasteiger partial charge in [0, 0.05) is 0 Å². The second kappa shape index (κ2) is 3.31. The zero-order chi connectivity index (χ0) is 6.57. The van der Waals surface area contributed by atoms with Gasteiger partial charge in [-0.15, -0.1) is 0 Å². The number of urea groups is 1. The molecule has 8 heavy (non-hydrogen) atoms. The van der Waals surface area contributed by atoms with Crippen molar-refractivity contribution >= 4 is 24.6 Å². The van der Waals surface area contributed by atoms with Gasteiger partial charge in [-0.25, -0.2) is 4.79 Å². The van der Waals surface area contributed by atoms with Gasteiger partial charge < -0.3 is 5.73 Å². The molecule has 1 radical (unpaired) electrons. The van der Waals surface area contributed by atoms with Crippen LogP contribution in [0.5, 0.6) is 0 Å². The van der Waals surface area contributed by atoms with Gasteiger partial charge in [-0.05, 0) is 0 Å². The highest BCUT2D eigenvalue weighted by Crippen LogP contribution is 1.70. The highest BCUT2D eigenvalue weighted by atomic mass is 32.1. The number of hydrogen-bond acceptors (Lipinski definition) is 2. The molecule has 0 aliphatic heterocycles. The molecule has 4 nitrogen and oxygen atoms in total. The number of carbonyl (C=O) groups excluding carboxylic acids is 2. The minimum atomic E-state index is -0.861. The van der Waals surface area contributed by atoms with E-state index < -0.39 is 11.9 Å². The Balaban J connectivity index is 3.40. The van der Waals surface area contributed by atoms with E-state index in [0.29, 0.717) is 0 Å². The minimum absolute atomic E-state index is 0.136. The number of nitrogens with two attached hydrogens (primary N) is 1. The predicted octanol–water partition coefficient (Wildman–Crippen LogP) is -0.621. The Morgan fingerprint density at radius 3 is 2.25 bits per heavy atom. The summed E-state index contributed by atoms with van der Waals surface area (Å²) >= 11 is 4.27. The molecule has 0 aromatic carbocycles. The Morgan fingerprint density at radius 2 is 2.12 bits per heavy atom. The molecule has 3 N–H and O–H groups in total. The van der Waals surface area contributed by atoms with Crippen LogP contribution in [0.25, 0.3) is 0 Å². The second-order valence-corrected chi connectivity index (χ2v) is 1.35. The van der Waals surface area contributed by atoms with Crippen LogP contribution in [0.1, 0.15) is 0 Å². The van der Waals surface area contributed by atoms with E-state index >= 15 is 0 Å². The summed E-state index contributed by atoms with van der Waals surface area (Å²) in [7, 11) is 0. The fourth-order valence-corrected chi connectivity index (χ4v) is 0.246. The first-order valence-electron chi connectivity index (χ1n) is 1.84. The first kappa shape index (κ1) is 7.29. The highest BCUT2D eigenvalue weighted by molar-refractivity contribution is 7.81. The molecule has 5 heteroatoms. The third kappa shape index (κ3) is 3.48. The standard InChI is InChI=1S/C3H5N2O2S/c4-3(7)5-2(6)1-8/h1H2,(H3,4,5,6,7). The van der Waals surface area contributed by atoms with E-state index in [-0.39, 0.29) is 5.75 Å². The summed E-state index contributed by atoms with van der Waals surface area (Å²) in [4.78, 5) is 19.9. The average Bonchev–Trinajstić information content (AvgIpc) is 1.65. The molecule has 0 aliphatic rings. The van der Waals surface area contributed by atoms with Crippen LogP contribution in [0.3, 0.4) is 0 Å². The maximum atomic E-state index is 10.1. The number of imide groups is 1. The number of rotatable bonds is 1. The molecule has 0 fully saturated rings. The normalized spacial score (nSPS) is 8.12. The summed E-state index contributed by atoms with van der Waals surface area (Å²) in [6.07, 6.45) is 0. The molecule has 3 amide bonds. The van der Waals surface area contributed by atoms with E-state index in [1.54, 1.807) is 5.32 Å². The summed E-state index contributed by atoms with van der Waals surface area (Å²) in [5.41, 5.74) is 4.55. The third-order valence-electron chi connectivity index (χ3n) is 0.394. The molecule has 0 rings (SSSR count). The largest absolute Gasteiger partial charge is 0.351 e. The molecule has 0 saturated carbocycles. The number of carbonyl (C=O) groups is 2. The zero-order valence-corrected chi connectivity index (χ0v) is 4.83. The maximum absolute atomic E-state index is 10.1. The first-order chi connectivity index (χ1) is 3.66. The Bertz CT molecular complexity index is 114. The van der Waals surface area contributed by atoms with Crippen molar-refractivity contribution in [3.8, 4) is 0 Å². The van der Waals surface area contributed by atoms with E-state index in [1.807, 2.05) is 0 Å². The monoisotopic (exact) mass is 133 g/mol. The van der Waals surface area contributed by atoms with E-state index in [9.17, 15) is 9.59 Å². The van der Waals surface area contributed by atoms with Gasteiger partial charge >= 0.3 is 6.03 Å². The molecule has 0 saturated heterocycles. The molecular formula is C3H5N2O2S. The van der Waals surface area contributed by atoms with Gasteiger partial charge in [-0.1, -0.05) is 12.6 Å². The van der Waals surface area contributed by atoms with Crippen LogP contribution in [-0.4, -0.2) is 17.7 Å². The molecule has 45 valence electrons. The van der Waals surface area contributed by atoms with Gasteiger partial charge in [-0.3, -0.25) is 10.1 Å². The highest BCUT2D eigenvalue weighted by Gasteiger charge is 1.98. The van der Waals surface area contributed by atoms with Gasteiger partial charge in [0.05, 0.1) is 5.75 Å². The van der Waals surface area contributed by atoms with Crippen LogP contribution in [0, 0.1) is 0 Å². The quantitative estimate of drug-likeness (QED) is 0.500. The smallest absolute Gasteiger partial charge is 0.318 e. The lowest BCUT2D eigenvalue weighted by Gasteiger charge is -1.91. The van der Waals surface area contributed by atoms with Crippen LogP contribution < -0.4 is 11.1 Å². The van der Waals surface area contributed by atoms with Crippen molar-refractivity contribution in [1.29, 1.82) is 0 Å². The SMILES string of the molecule is NC(=O)NC(=O)C[S]. The minimum Gasteiger partial charge on any atom is -0.351 e. The number of amides is 3. The van der Waals surface area contributed by atoms with Crippen LogP contribution in [0.2, 0.25) is 0 Å². The fourth-order valence-electron chi connectivity index (χ4n) is 0.173. The van der Waals surface area contributed by atoms with Gasteiger partial charge in [0.1, 0.15) is 0 Å². The maximum Gasteiger partial charge on any atom is 0.318 e. The van der Waals surface area contributed by atoms with Crippen molar-refractivity contribution < 1.29 is 9.59 Å². The lowest BCUT2D eigenvalue weighted by atomic mass is 10.7. The summed E-state index contributed by atoms with van der Waals surface area (Å²) in [5.74, 6) is -0.671. The van der Waals surface area contributed by atoms with Gasteiger partial charge in [0.25, 0.3) is 0 Å². The summed E-state index contributed by atoms with van der Waals surface area (Å²) in [5, 5.41) is 1.79. The van der Waals surface area contributed by atoms with Crippen molar-refractivity contribution in [3.05, 3.63) is 0 Å². The molecule has 0 atom stereocenters. The topological polar surface area (TPSA) is 72.2 Å². The van der Waals surface area contributed by atoms with E-state index in [4.69, 9.17) is 0 Å². The fraction of sp³-hybridized carbons (Fsp3) is 0.333. The van der Waals surface area contributed by atoms with E-state index in [1.165, 1.54) is 0 Å². The van der Waals surface area contributed by atoms with E-state index in [0.717, 1.165) is 0 Å². The molecule has 0 aromatic rings. The van der Waals surface area contributed by atoms with Crippen LogP contribution >= 0.6 is 12.6 Å². The Hall–Kier alpha value is -0.710. The molecular weight excluding hydrogens is 128 g/mol. The molecule has 0 spiro atoms. The molecule has 0 aromatic heterocycles. The Morgan fingerprint density at radius 1 is 1.62 bits per heavy atom. The second-order valence-electron chi connectivity index (χ2n) is 1.06. The molecule has 0 unspecified atom stereocenters. The first-order valence-corrected chi connectivity index (χ1v) is 2.42. The summed E-state index contributed by atoms with van der Waals surface area (Å²) < 4.78 is 0. The van der Waals surface area contributed by atoms with Crippen molar-refractivity contribution in [2.24, 2.45) is 5.73 Å². The summed E-state index contributed by atoms with van der Waals surface area (Å²) in [6.45, 7) is 0. The Labute approximate surface area is 51.8 Å². The molecule has 0 heterocycles. The van der Waals surface area contributed by atoms with Gasteiger partial charge in [0.2, 0.25) is 5.91 Å². The van der Waals surface area contributed by atoms with Crippen LogP contribution in [0.15, 0.2) is 0 Å². The van der Waals surface area contributed by atoms with Crippen molar-refractivity contribution in [2.75, 3.05) is 5.75 Å². The lowest BCUT2D eigenvalue weighted by molar-refractivity contribution is -0.117. The molecule has 0 bridgehead atoms. The average molecular weight is 133 g/mol. The Kier molecular flexibility index (Phi) is 3.02. The predicted molar refractivity (Wildman–Crippen MR) is 30.2 cm³/mol. The molecule has 0 aliphatic carbocycles.